The van der Waals surface area contributed by atoms with Gasteiger partial charge in [0.15, 0.2) is 0 Å². The Morgan fingerprint density at radius 1 is 1.00 bits per heavy atom. The van der Waals surface area contributed by atoms with Crippen molar-refractivity contribution in [1.82, 2.24) is 5.32 Å². The summed E-state index contributed by atoms with van der Waals surface area (Å²) in [5, 5.41) is 3.38. The van der Waals surface area contributed by atoms with Crippen molar-refractivity contribution in [3.05, 3.63) is 59.7 Å². The van der Waals surface area contributed by atoms with Crippen molar-refractivity contribution in [2.45, 2.75) is 18.9 Å². The van der Waals surface area contributed by atoms with Gasteiger partial charge in [0.2, 0.25) is 0 Å². The van der Waals surface area contributed by atoms with E-state index < -0.39 is 0 Å². The smallest absolute Gasteiger partial charge is 0.266 e. The molecule has 1 fully saturated rings. The number of imide groups is 1. The Morgan fingerprint density at radius 2 is 1.64 bits per heavy atom. The predicted molar refractivity (Wildman–Crippen MR) is 97.8 cm³/mol. The SMILES string of the molecule is Cl.O=C1c2ccccc2C(=O)N1c1ccc(OC[C@H]2CCCN2)cc1. The molecule has 1 N–H and O–H groups in total. The molecule has 2 aromatic rings. The summed E-state index contributed by atoms with van der Waals surface area (Å²) >= 11 is 0. The number of hydrogen-bond donors (Lipinski definition) is 1. The Labute approximate surface area is 152 Å². The topological polar surface area (TPSA) is 58.6 Å². The molecule has 4 rings (SSSR count). The molecule has 2 amide bonds. The van der Waals surface area contributed by atoms with E-state index in [0.717, 1.165) is 18.7 Å². The molecule has 0 radical (unpaired) electrons. The Kier molecular flexibility index (Phi) is 5.06. The first-order valence-corrected chi connectivity index (χ1v) is 8.18. The second-order valence-corrected chi connectivity index (χ2v) is 6.09. The van der Waals surface area contributed by atoms with Gasteiger partial charge in [-0.3, -0.25) is 9.59 Å². The minimum Gasteiger partial charge on any atom is -0.492 e. The van der Waals surface area contributed by atoms with Crippen molar-refractivity contribution in [1.29, 1.82) is 0 Å². The lowest BCUT2D eigenvalue weighted by Gasteiger charge is -2.15. The molecule has 0 unspecified atom stereocenters. The van der Waals surface area contributed by atoms with Crippen molar-refractivity contribution in [2.75, 3.05) is 18.1 Å². The number of ether oxygens (including phenoxy) is 1. The minimum absolute atomic E-state index is 0. The number of fused-ring (bicyclic) bond motifs is 1. The standard InChI is InChI=1S/C19H18N2O3.ClH/c22-18-16-5-1-2-6-17(16)19(23)21(18)14-7-9-15(10-8-14)24-12-13-4-3-11-20-13;/h1-2,5-10,13,20H,3-4,11-12H2;1H/t13-;/m1./s1. The Morgan fingerprint density at radius 3 is 2.20 bits per heavy atom. The van der Waals surface area contributed by atoms with Crippen LogP contribution in [0.15, 0.2) is 48.5 Å². The maximum atomic E-state index is 12.5. The maximum Gasteiger partial charge on any atom is 0.266 e. The van der Waals surface area contributed by atoms with Gasteiger partial charge in [0.1, 0.15) is 12.4 Å². The third-order valence-corrected chi connectivity index (χ3v) is 4.50. The summed E-state index contributed by atoms with van der Waals surface area (Å²) in [5.74, 6) is 0.183. The third kappa shape index (κ3) is 3.25. The molecule has 2 aliphatic rings. The third-order valence-electron chi connectivity index (χ3n) is 4.50. The molecule has 0 bridgehead atoms. The molecule has 0 aromatic heterocycles. The van der Waals surface area contributed by atoms with Crippen molar-refractivity contribution in [3.63, 3.8) is 0 Å². The summed E-state index contributed by atoms with van der Waals surface area (Å²) < 4.78 is 5.77. The van der Waals surface area contributed by atoms with Crippen LogP contribution in [0.25, 0.3) is 0 Å². The van der Waals surface area contributed by atoms with Crippen LogP contribution in [0.4, 0.5) is 5.69 Å². The molecule has 130 valence electrons. The Bertz CT molecular complexity index is 751. The van der Waals surface area contributed by atoms with Gasteiger partial charge < -0.3 is 10.1 Å². The van der Waals surface area contributed by atoms with E-state index in [1.807, 2.05) is 0 Å². The van der Waals surface area contributed by atoms with Crippen molar-refractivity contribution < 1.29 is 14.3 Å². The van der Waals surface area contributed by atoms with Gasteiger partial charge in [-0.25, -0.2) is 4.90 Å². The van der Waals surface area contributed by atoms with Crippen LogP contribution < -0.4 is 15.0 Å². The number of nitrogens with zero attached hydrogens (tertiary/aromatic N) is 1. The molecule has 1 saturated heterocycles. The van der Waals surface area contributed by atoms with Gasteiger partial charge in [-0.2, -0.15) is 0 Å². The molecular weight excluding hydrogens is 340 g/mol. The van der Waals surface area contributed by atoms with E-state index in [0.29, 0.717) is 29.5 Å². The number of anilines is 1. The van der Waals surface area contributed by atoms with Crippen LogP contribution in [0.2, 0.25) is 0 Å². The van der Waals surface area contributed by atoms with Crippen molar-refractivity contribution in [3.8, 4) is 5.75 Å². The molecule has 25 heavy (non-hydrogen) atoms. The molecule has 5 nitrogen and oxygen atoms in total. The van der Waals surface area contributed by atoms with Crippen LogP contribution in [0.5, 0.6) is 5.75 Å². The molecule has 0 spiro atoms. The van der Waals surface area contributed by atoms with Crippen LogP contribution in [0.3, 0.4) is 0 Å². The van der Waals surface area contributed by atoms with Gasteiger partial charge >= 0.3 is 0 Å². The zero-order valence-corrected chi connectivity index (χ0v) is 14.4. The molecule has 2 heterocycles. The van der Waals surface area contributed by atoms with Crippen molar-refractivity contribution >= 4 is 29.9 Å². The lowest BCUT2D eigenvalue weighted by atomic mass is 10.1. The van der Waals surface area contributed by atoms with E-state index in [1.165, 1.54) is 11.3 Å². The molecule has 0 saturated carbocycles. The number of carbonyl (C=O) groups is 2. The normalized spacial score (nSPS) is 18.9. The van der Waals surface area contributed by atoms with Crippen molar-refractivity contribution in [2.24, 2.45) is 0 Å². The number of rotatable bonds is 4. The zero-order valence-electron chi connectivity index (χ0n) is 13.6. The first-order valence-electron chi connectivity index (χ1n) is 8.18. The van der Waals surface area contributed by atoms with Gasteiger partial charge in [0, 0.05) is 6.04 Å². The highest BCUT2D eigenvalue weighted by Crippen LogP contribution is 2.29. The molecule has 2 aromatic carbocycles. The second-order valence-electron chi connectivity index (χ2n) is 6.09. The molecule has 6 heteroatoms. The first-order chi connectivity index (χ1) is 11.7. The van der Waals surface area contributed by atoms with Gasteiger partial charge in [-0.1, -0.05) is 12.1 Å². The highest BCUT2D eigenvalue weighted by molar-refractivity contribution is 6.34. The van der Waals surface area contributed by atoms with E-state index in [9.17, 15) is 9.59 Å². The van der Waals surface area contributed by atoms with E-state index >= 15 is 0 Å². The van der Waals surface area contributed by atoms with Gasteiger partial charge in [-0.05, 0) is 55.8 Å². The lowest BCUT2D eigenvalue weighted by molar-refractivity contribution is 0.0926. The summed E-state index contributed by atoms with van der Waals surface area (Å²) in [6.45, 7) is 1.68. The highest BCUT2D eigenvalue weighted by Gasteiger charge is 2.36. The van der Waals surface area contributed by atoms with E-state index in [1.54, 1.807) is 48.5 Å². The maximum absolute atomic E-state index is 12.5. The summed E-state index contributed by atoms with van der Waals surface area (Å²) in [4.78, 5) is 26.1. The quantitative estimate of drug-likeness (QED) is 0.853. The van der Waals surface area contributed by atoms with Crippen LogP contribution in [-0.4, -0.2) is 31.0 Å². The average molecular weight is 359 g/mol. The zero-order chi connectivity index (χ0) is 16.5. The van der Waals surface area contributed by atoms with Crippen LogP contribution in [-0.2, 0) is 0 Å². The Balaban J connectivity index is 0.00000182. The largest absolute Gasteiger partial charge is 0.492 e. The summed E-state index contributed by atoms with van der Waals surface area (Å²) in [6, 6.07) is 14.4. The number of benzene rings is 2. The summed E-state index contributed by atoms with van der Waals surface area (Å²) in [5.41, 5.74) is 1.47. The first kappa shape index (κ1) is 17.5. The molecule has 2 aliphatic heterocycles. The highest BCUT2D eigenvalue weighted by atomic mass is 35.5. The average Bonchev–Trinajstić information content (AvgIpc) is 3.22. The summed E-state index contributed by atoms with van der Waals surface area (Å²) in [6.07, 6.45) is 2.32. The number of amides is 2. The van der Waals surface area contributed by atoms with E-state index in [-0.39, 0.29) is 24.2 Å². The molecule has 0 aliphatic carbocycles. The van der Waals surface area contributed by atoms with E-state index in [2.05, 4.69) is 5.32 Å². The molecular formula is C19H19ClN2O3. The van der Waals surface area contributed by atoms with Gasteiger partial charge in [0.05, 0.1) is 16.8 Å². The number of carbonyl (C=O) groups excluding carboxylic acids is 2. The number of halogens is 1. The second kappa shape index (κ2) is 7.25. The van der Waals surface area contributed by atoms with Gasteiger partial charge in [-0.15, -0.1) is 12.4 Å². The predicted octanol–water partition coefficient (Wildman–Crippen LogP) is 3.04. The summed E-state index contributed by atoms with van der Waals surface area (Å²) in [7, 11) is 0. The molecule has 1 atom stereocenters. The fraction of sp³-hybridized carbons (Fsp3) is 0.263. The van der Waals surface area contributed by atoms with Crippen LogP contribution in [0, 0.1) is 0 Å². The monoisotopic (exact) mass is 358 g/mol. The lowest BCUT2D eigenvalue weighted by Crippen LogP contribution is -2.29. The van der Waals surface area contributed by atoms with Crippen LogP contribution >= 0.6 is 12.4 Å². The number of nitrogens with one attached hydrogen (secondary N) is 1. The fourth-order valence-corrected chi connectivity index (χ4v) is 3.21. The van der Waals surface area contributed by atoms with E-state index in [4.69, 9.17) is 4.74 Å². The minimum atomic E-state index is -0.278. The fourth-order valence-electron chi connectivity index (χ4n) is 3.21. The van der Waals surface area contributed by atoms with Gasteiger partial charge in [0.25, 0.3) is 11.8 Å². The van der Waals surface area contributed by atoms with Crippen LogP contribution in [0.1, 0.15) is 33.6 Å². The Hall–Kier alpha value is -2.37. The number of hydrogen-bond acceptors (Lipinski definition) is 4.